The quantitative estimate of drug-likeness (QED) is 0.558. The van der Waals surface area contributed by atoms with Gasteiger partial charge in [-0.2, -0.15) is 4.98 Å². The molecule has 0 bridgehead atoms. The molecule has 0 amide bonds. The van der Waals surface area contributed by atoms with Crippen LogP contribution in [0.2, 0.25) is 0 Å². The number of imidazole rings is 1. The van der Waals surface area contributed by atoms with Gasteiger partial charge in [-0.3, -0.25) is 4.98 Å². The SMILES string of the molecule is COc1cc(OC)cc(-c2cnccc2-c2nc3cnc(N)nc3n2C2CC2)c1. The molecule has 1 aliphatic rings. The Labute approximate surface area is 167 Å². The fraction of sp³-hybridized carbons (Fsp3) is 0.238. The number of anilines is 1. The Hall–Kier alpha value is -3.68. The lowest BCUT2D eigenvalue weighted by molar-refractivity contribution is 0.394. The molecule has 3 aromatic heterocycles. The van der Waals surface area contributed by atoms with E-state index in [-0.39, 0.29) is 5.95 Å². The number of pyridine rings is 1. The van der Waals surface area contributed by atoms with Gasteiger partial charge in [0.1, 0.15) is 22.8 Å². The maximum atomic E-state index is 5.85. The number of hydrogen-bond donors (Lipinski definition) is 1. The second-order valence-electron chi connectivity index (χ2n) is 7.00. The molecular weight excluding hydrogens is 368 g/mol. The first kappa shape index (κ1) is 17.4. The molecular formula is C21H20N6O2. The van der Waals surface area contributed by atoms with E-state index in [4.69, 9.17) is 20.2 Å². The predicted molar refractivity (Wildman–Crippen MR) is 110 cm³/mol. The van der Waals surface area contributed by atoms with E-state index in [0.717, 1.165) is 46.5 Å². The van der Waals surface area contributed by atoms with E-state index in [0.29, 0.717) is 17.5 Å². The second kappa shape index (κ2) is 6.73. The number of benzene rings is 1. The Balaban J connectivity index is 1.75. The van der Waals surface area contributed by atoms with Crippen molar-refractivity contribution >= 4 is 17.1 Å². The Bertz CT molecular complexity index is 1190. The molecule has 0 spiro atoms. The summed E-state index contributed by atoms with van der Waals surface area (Å²) in [4.78, 5) is 17.8. The zero-order chi connectivity index (χ0) is 20.0. The van der Waals surface area contributed by atoms with Gasteiger partial charge in [-0.1, -0.05) is 0 Å². The minimum Gasteiger partial charge on any atom is -0.497 e. The molecule has 1 fully saturated rings. The first-order valence-electron chi connectivity index (χ1n) is 9.36. The summed E-state index contributed by atoms with van der Waals surface area (Å²) >= 11 is 0. The van der Waals surface area contributed by atoms with Crippen LogP contribution in [0.3, 0.4) is 0 Å². The number of hydrogen-bond acceptors (Lipinski definition) is 7. The Morgan fingerprint density at radius 2 is 1.76 bits per heavy atom. The number of methoxy groups -OCH3 is 2. The van der Waals surface area contributed by atoms with Crippen LogP contribution in [0.25, 0.3) is 33.7 Å². The number of nitrogen functional groups attached to an aromatic ring is 1. The van der Waals surface area contributed by atoms with Crippen LogP contribution in [0.4, 0.5) is 5.95 Å². The van der Waals surface area contributed by atoms with Crippen LogP contribution >= 0.6 is 0 Å². The number of nitrogens with two attached hydrogens (primary N) is 1. The van der Waals surface area contributed by atoms with Crippen LogP contribution in [0, 0.1) is 0 Å². The molecule has 0 atom stereocenters. The third-order valence-corrected chi connectivity index (χ3v) is 5.09. The average molecular weight is 388 g/mol. The normalized spacial score (nSPS) is 13.6. The number of aromatic nitrogens is 5. The molecule has 0 saturated heterocycles. The van der Waals surface area contributed by atoms with E-state index < -0.39 is 0 Å². The lowest BCUT2D eigenvalue weighted by atomic mass is 10.0. The van der Waals surface area contributed by atoms with E-state index in [1.54, 1.807) is 26.6 Å². The zero-order valence-corrected chi connectivity index (χ0v) is 16.2. The molecule has 4 aromatic rings. The van der Waals surface area contributed by atoms with Crippen molar-refractivity contribution in [1.82, 2.24) is 24.5 Å². The van der Waals surface area contributed by atoms with Gasteiger partial charge in [-0.15, -0.1) is 0 Å². The summed E-state index contributed by atoms with van der Waals surface area (Å²) in [6.45, 7) is 0. The van der Waals surface area contributed by atoms with Crippen LogP contribution in [-0.2, 0) is 0 Å². The zero-order valence-electron chi connectivity index (χ0n) is 16.2. The summed E-state index contributed by atoms with van der Waals surface area (Å²) in [5.74, 6) is 2.51. The Morgan fingerprint density at radius 3 is 2.45 bits per heavy atom. The van der Waals surface area contributed by atoms with E-state index in [9.17, 15) is 0 Å². The highest BCUT2D eigenvalue weighted by Crippen LogP contribution is 2.43. The molecule has 5 rings (SSSR count). The monoisotopic (exact) mass is 388 g/mol. The fourth-order valence-electron chi connectivity index (χ4n) is 3.56. The standard InChI is InChI=1S/C21H20N6O2/c1-28-14-7-12(8-15(9-14)29-2)17-10-23-6-5-16(17)19-25-18-11-24-21(22)26-20(18)27(19)13-3-4-13/h5-11,13H,3-4H2,1-2H3,(H2,22,24,26). The lowest BCUT2D eigenvalue weighted by Gasteiger charge is -2.13. The summed E-state index contributed by atoms with van der Waals surface area (Å²) in [7, 11) is 3.27. The topological polar surface area (TPSA) is 101 Å². The fourth-order valence-corrected chi connectivity index (χ4v) is 3.56. The highest BCUT2D eigenvalue weighted by Gasteiger charge is 2.30. The molecule has 146 valence electrons. The molecule has 0 unspecified atom stereocenters. The van der Waals surface area contributed by atoms with Gasteiger partial charge in [0.25, 0.3) is 0 Å². The van der Waals surface area contributed by atoms with Crippen molar-refractivity contribution < 1.29 is 9.47 Å². The maximum Gasteiger partial charge on any atom is 0.222 e. The third-order valence-electron chi connectivity index (χ3n) is 5.09. The molecule has 1 aliphatic carbocycles. The minimum atomic E-state index is 0.248. The van der Waals surface area contributed by atoms with Gasteiger partial charge in [0.05, 0.1) is 20.4 Å². The van der Waals surface area contributed by atoms with Gasteiger partial charge >= 0.3 is 0 Å². The molecule has 8 heteroatoms. The molecule has 3 heterocycles. The third kappa shape index (κ3) is 3.02. The number of fused-ring (bicyclic) bond motifs is 1. The summed E-state index contributed by atoms with van der Waals surface area (Å²) in [5.41, 5.74) is 10.2. The molecule has 1 aromatic carbocycles. The first-order valence-corrected chi connectivity index (χ1v) is 9.36. The van der Waals surface area contributed by atoms with Gasteiger partial charge in [-0.25, -0.2) is 9.97 Å². The molecule has 2 N–H and O–H groups in total. The van der Waals surface area contributed by atoms with Crippen LogP contribution in [0.1, 0.15) is 18.9 Å². The molecule has 0 radical (unpaired) electrons. The Morgan fingerprint density at radius 1 is 1.00 bits per heavy atom. The van der Waals surface area contributed by atoms with Crippen molar-refractivity contribution in [3.05, 3.63) is 42.9 Å². The van der Waals surface area contributed by atoms with Gasteiger partial charge < -0.3 is 19.8 Å². The largest absolute Gasteiger partial charge is 0.497 e. The van der Waals surface area contributed by atoms with E-state index in [1.165, 1.54) is 0 Å². The minimum absolute atomic E-state index is 0.248. The van der Waals surface area contributed by atoms with Crippen molar-refractivity contribution in [3.8, 4) is 34.0 Å². The van der Waals surface area contributed by atoms with Crippen LogP contribution < -0.4 is 15.2 Å². The van der Waals surface area contributed by atoms with Crippen molar-refractivity contribution in [2.24, 2.45) is 0 Å². The highest BCUT2D eigenvalue weighted by molar-refractivity contribution is 5.85. The number of nitrogens with zero attached hydrogens (tertiary/aromatic N) is 5. The van der Waals surface area contributed by atoms with Gasteiger partial charge in [0.2, 0.25) is 5.95 Å². The summed E-state index contributed by atoms with van der Waals surface area (Å²) in [6, 6.07) is 8.11. The molecule has 29 heavy (non-hydrogen) atoms. The highest BCUT2D eigenvalue weighted by atomic mass is 16.5. The maximum absolute atomic E-state index is 5.85. The molecule has 1 saturated carbocycles. The Kier molecular flexibility index (Phi) is 4.04. The van der Waals surface area contributed by atoms with Crippen LogP contribution in [0.5, 0.6) is 11.5 Å². The molecule has 0 aliphatic heterocycles. The van der Waals surface area contributed by atoms with Crippen LogP contribution in [-0.4, -0.2) is 38.7 Å². The van der Waals surface area contributed by atoms with Crippen LogP contribution in [0.15, 0.2) is 42.9 Å². The second-order valence-corrected chi connectivity index (χ2v) is 7.00. The van der Waals surface area contributed by atoms with Crippen molar-refractivity contribution in [2.45, 2.75) is 18.9 Å². The summed E-state index contributed by atoms with van der Waals surface area (Å²) in [5, 5.41) is 0. The van der Waals surface area contributed by atoms with Crippen molar-refractivity contribution in [3.63, 3.8) is 0 Å². The summed E-state index contributed by atoms with van der Waals surface area (Å²) < 4.78 is 13.1. The van der Waals surface area contributed by atoms with Gasteiger partial charge in [0, 0.05) is 35.6 Å². The van der Waals surface area contributed by atoms with Gasteiger partial charge in [0.15, 0.2) is 5.65 Å². The lowest BCUT2D eigenvalue weighted by Crippen LogP contribution is -2.02. The van der Waals surface area contributed by atoms with Gasteiger partial charge in [-0.05, 0) is 36.6 Å². The average Bonchev–Trinajstić information content (AvgIpc) is 3.53. The van der Waals surface area contributed by atoms with E-state index >= 15 is 0 Å². The van der Waals surface area contributed by atoms with E-state index in [1.807, 2.05) is 30.5 Å². The van der Waals surface area contributed by atoms with Crippen molar-refractivity contribution in [2.75, 3.05) is 20.0 Å². The van der Waals surface area contributed by atoms with E-state index in [2.05, 4.69) is 19.5 Å². The number of ether oxygens (including phenoxy) is 2. The number of rotatable bonds is 5. The molecule has 8 nitrogen and oxygen atoms in total. The smallest absolute Gasteiger partial charge is 0.222 e. The summed E-state index contributed by atoms with van der Waals surface area (Å²) in [6.07, 6.45) is 7.47. The van der Waals surface area contributed by atoms with Crippen molar-refractivity contribution in [1.29, 1.82) is 0 Å². The first-order chi connectivity index (χ1) is 14.2. The predicted octanol–water partition coefficient (Wildman–Crippen LogP) is 3.49.